The molecule has 0 spiro atoms. The number of para-hydroxylation sites is 2. The van der Waals surface area contributed by atoms with Gasteiger partial charge in [0, 0.05) is 13.0 Å². The average molecular weight is 293 g/mol. The highest BCUT2D eigenvalue weighted by molar-refractivity contribution is 7.92. The molecule has 1 aromatic carbocycles. The Bertz CT molecular complexity index is 724. The van der Waals surface area contributed by atoms with Crippen LogP contribution in [-0.4, -0.2) is 31.8 Å². The fraction of sp³-hybridized carbons (Fsp3) is 0.308. The van der Waals surface area contributed by atoms with Crippen molar-refractivity contribution in [2.45, 2.75) is 18.2 Å². The largest absolute Gasteiger partial charge is 0.491 e. The van der Waals surface area contributed by atoms with Gasteiger partial charge in [-0.15, -0.1) is 0 Å². The van der Waals surface area contributed by atoms with Gasteiger partial charge in [0.2, 0.25) is 0 Å². The molecule has 0 amide bonds. The lowest BCUT2D eigenvalue weighted by Crippen LogP contribution is -2.31. The quantitative estimate of drug-likeness (QED) is 0.914. The number of hydrogen-bond acceptors (Lipinski definition) is 4. The number of H-pyrrole nitrogens is 1. The first-order valence-corrected chi connectivity index (χ1v) is 7.79. The number of sulfonamides is 1. The molecular weight excluding hydrogens is 278 g/mol. The number of benzene rings is 1. The number of rotatable bonds is 2. The van der Waals surface area contributed by atoms with Crippen molar-refractivity contribution in [1.29, 1.82) is 0 Å². The maximum Gasteiger partial charge on any atom is 0.267 e. The van der Waals surface area contributed by atoms with Crippen molar-refractivity contribution < 1.29 is 13.2 Å². The molecule has 0 atom stereocenters. The summed E-state index contributed by atoms with van der Waals surface area (Å²) < 4.78 is 32.6. The van der Waals surface area contributed by atoms with Gasteiger partial charge in [0.25, 0.3) is 10.0 Å². The lowest BCUT2D eigenvalue weighted by atomic mass is 10.3. The van der Waals surface area contributed by atoms with Gasteiger partial charge in [-0.2, -0.15) is 5.10 Å². The van der Waals surface area contributed by atoms with E-state index in [1.807, 2.05) is 6.07 Å². The normalized spacial score (nSPS) is 15.3. The van der Waals surface area contributed by atoms with Crippen molar-refractivity contribution in [3.8, 4) is 5.75 Å². The molecule has 0 fully saturated rings. The predicted octanol–water partition coefficient (Wildman–Crippen LogP) is 1.70. The third-order valence-electron chi connectivity index (χ3n) is 3.25. The van der Waals surface area contributed by atoms with E-state index >= 15 is 0 Å². The molecule has 6 nitrogen and oxygen atoms in total. The lowest BCUT2D eigenvalue weighted by Gasteiger charge is -2.22. The van der Waals surface area contributed by atoms with E-state index < -0.39 is 10.0 Å². The second kappa shape index (κ2) is 4.82. The van der Waals surface area contributed by atoms with Crippen LogP contribution in [0.15, 0.2) is 35.4 Å². The van der Waals surface area contributed by atoms with Crippen molar-refractivity contribution in [3.63, 3.8) is 0 Å². The molecule has 0 aliphatic carbocycles. The third-order valence-corrected chi connectivity index (χ3v) is 5.18. The van der Waals surface area contributed by atoms with Crippen LogP contribution in [-0.2, 0) is 10.0 Å². The summed E-state index contributed by atoms with van der Waals surface area (Å²) in [6.07, 6.45) is 1.99. The molecular formula is C13H15N3O3S. The molecule has 0 radical (unpaired) electrons. The van der Waals surface area contributed by atoms with Crippen molar-refractivity contribution >= 4 is 15.7 Å². The topological polar surface area (TPSA) is 75.3 Å². The number of ether oxygens (including phenoxy) is 1. The molecule has 20 heavy (non-hydrogen) atoms. The summed E-state index contributed by atoms with van der Waals surface area (Å²) in [7, 11) is -3.63. The first kappa shape index (κ1) is 13.0. The van der Waals surface area contributed by atoms with Crippen LogP contribution in [0, 0.1) is 6.92 Å². The molecule has 1 N–H and O–H groups in total. The molecule has 0 unspecified atom stereocenters. The highest BCUT2D eigenvalue weighted by atomic mass is 32.2. The number of aromatic nitrogens is 2. The van der Waals surface area contributed by atoms with E-state index in [9.17, 15) is 8.42 Å². The zero-order valence-corrected chi connectivity index (χ0v) is 11.9. The van der Waals surface area contributed by atoms with Crippen molar-refractivity contribution in [1.82, 2.24) is 10.2 Å². The minimum Gasteiger partial charge on any atom is -0.491 e. The maximum atomic E-state index is 12.8. The average Bonchev–Trinajstić information content (AvgIpc) is 2.75. The number of nitrogens with one attached hydrogen (secondary N) is 1. The highest BCUT2D eigenvalue weighted by Gasteiger charge is 2.30. The van der Waals surface area contributed by atoms with Gasteiger partial charge in [0.05, 0.1) is 24.2 Å². The van der Waals surface area contributed by atoms with E-state index in [2.05, 4.69) is 10.2 Å². The monoisotopic (exact) mass is 293 g/mol. The van der Waals surface area contributed by atoms with Gasteiger partial charge in [-0.25, -0.2) is 8.42 Å². The zero-order chi connectivity index (χ0) is 14.2. The van der Waals surface area contributed by atoms with Crippen LogP contribution in [0.1, 0.15) is 12.1 Å². The van der Waals surface area contributed by atoms with Gasteiger partial charge in [-0.05, 0) is 19.1 Å². The Kier molecular flexibility index (Phi) is 3.13. The standard InChI is InChI=1S/C13H15N3O3S/c1-10-13(9-14-15-10)20(17,18)16-7-4-8-19-12-6-3-2-5-11(12)16/h2-3,5-6,9H,4,7-8H2,1H3,(H,14,15). The van der Waals surface area contributed by atoms with Crippen LogP contribution in [0.5, 0.6) is 5.75 Å². The Hall–Kier alpha value is -2.02. The lowest BCUT2D eigenvalue weighted by molar-refractivity contribution is 0.322. The molecule has 1 aliphatic rings. The summed E-state index contributed by atoms with van der Waals surface area (Å²) in [6, 6.07) is 7.18. The van der Waals surface area contributed by atoms with Crippen molar-refractivity contribution in [2.75, 3.05) is 17.5 Å². The second-order valence-electron chi connectivity index (χ2n) is 4.61. The van der Waals surface area contributed by atoms with E-state index in [4.69, 9.17) is 4.74 Å². The number of anilines is 1. The van der Waals surface area contributed by atoms with Crippen LogP contribution >= 0.6 is 0 Å². The summed E-state index contributed by atoms with van der Waals surface area (Å²) >= 11 is 0. The second-order valence-corrected chi connectivity index (χ2v) is 6.44. The smallest absolute Gasteiger partial charge is 0.267 e. The summed E-state index contributed by atoms with van der Waals surface area (Å²) in [4.78, 5) is 0.203. The van der Waals surface area contributed by atoms with Crippen LogP contribution < -0.4 is 9.04 Å². The Morgan fingerprint density at radius 3 is 2.90 bits per heavy atom. The molecule has 2 heterocycles. The van der Waals surface area contributed by atoms with E-state index in [1.54, 1.807) is 25.1 Å². The molecule has 0 bridgehead atoms. The Morgan fingerprint density at radius 2 is 2.15 bits per heavy atom. The maximum absolute atomic E-state index is 12.8. The first-order chi connectivity index (χ1) is 9.60. The van der Waals surface area contributed by atoms with E-state index in [1.165, 1.54) is 10.5 Å². The molecule has 106 valence electrons. The SMILES string of the molecule is Cc1[nH]ncc1S(=O)(=O)N1CCCOc2ccccc21. The van der Waals surface area contributed by atoms with Gasteiger partial charge in [0.15, 0.2) is 0 Å². The van der Waals surface area contributed by atoms with E-state index in [0.717, 1.165) is 0 Å². The molecule has 2 aromatic rings. The summed E-state index contributed by atoms with van der Waals surface area (Å²) in [5, 5.41) is 6.47. The summed E-state index contributed by atoms with van der Waals surface area (Å²) in [6.45, 7) is 2.59. The molecule has 0 saturated carbocycles. The fourth-order valence-electron chi connectivity index (χ4n) is 2.26. The van der Waals surface area contributed by atoms with Gasteiger partial charge in [0.1, 0.15) is 10.6 Å². The van der Waals surface area contributed by atoms with Gasteiger partial charge in [-0.3, -0.25) is 9.40 Å². The van der Waals surface area contributed by atoms with Crippen LogP contribution in [0.4, 0.5) is 5.69 Å². The summed E-state index contributed by atoms with van der Waals surface area (Å²) in [5.41, 5.74) is 1.11. The Labute approximate surface area is 117 Å². The van der Waals surface area contributed by atoms with Gasteiger partial charge < -0.3 is 4.74 Å². The van der Waals surface area contributed by atoms with E-state index in [0.29, 0.717) is 36.7 Å². The molecule has 1 aromatic heterocycles. The minimum absolute atomic E-state index is 0.203. The number of aromatic amines is 1. The van der Waals surface area contributed by atoms with Crippen molar-refractivity contribution in [2.24, 2.45) is 0 Å². The molecule has 1 aliphatic heterocycles. The number of hydrogen-bond donors (Lipinski definition) is 1. The molecule has 3 rings (SSSR count). The zero-order valence-electron chi connectivity index (χ0n) is 11.0. The number of fused-ring (bicyclic) bond motifs is 1. The van der Waals surface area contributed by atoms with Crippen LogP contribution in [0.2, 0.25) is 0 Å². The number of nitrogens with zero attached hydrogens (tertiary/aromatic N) is 2. The van der Waals surface area contributed by atoms with Gasteiger partial charge >= 0.3 is 0 Å². The first-order valence-electron chi connectivity index (χ1n) is 6.35. The van der Waals surface area contributed by atoms with E-state index in [-0.39, 0.29) is 4.90 Å². The highest BCUT2D eigenvalue weighted by Crippen LogP contribution is 2.34. The number of aryl methyl sites for hydroxylation is 1. The predicted molar refractivity (Wildman–Crippen MR) is 74.4 cm³/mol. The summed E-state index contributed by atoms with van der Waals surface area (Å²) in [5.74, 6) is 0.592. The van der Waals surface area contributed by atoms with Crippen molar-refractivity contribution in [3.05, 3.63) is 36.2 Å². The molecule has 7 heteroatoms. The molecule has 0 saturated heterocycles. The van der Waals surface area contributed by atoms with Crippen LogP contribution in [0.25, 0.3) is 0 Å². The van der Waals surface area contributed by atoms with Crippen LogP contribution in [0.3, 0.4) is 0 Å². The third kappa shape index (κ3) is 2.03. The Morgan fingerprint density at radius 1 is 1.35 bits per heavy atom. The Balaban J connectivity index is 2.12. The fourth-order valence-corrected chi connectivity index (χ4v) is 3.90. The minimum atomic E-state index is -3.63. The van der Waals surface area contributed by atoms with Gasteiger partial charge in [-0.1, -0.05) is 12.1 Å².